The molecule has 27 heavy (non-hydrogen) atoms. The maximum absolute atomic E-state index is 12.2. The maximum atomic E-state index is 12.2. The van der Waals surface area contributed by atoms with E-state index in [1.165, 1.54) is 6.07 Å². The smallest absolute Gasteiger partial charge is 0.279 e. The van der Waals surface area contributed by atoms with E-state index in [0.717, 1.165) is 11.8 Å². The number of nitrogens with zero attached hydrogens (tertiary/aromatic N) is 1. The van der Waals surface area contributed by atoms with Gasteiger partial charge in [0.1, 0.15) is 0 Å². The van der Waals surface area contributed by atoms with Crippen molar-refractivity contribution >= 4 is 46.4 Å². The Morgan fingerprint density at radius 3 is 2.78 bits per heavy atom. The first-order valence-corrected chi connectivity index (χ1v) is 9.21. The zero-order valence-corrected chi connectivity index (χ0v) is 15.8. The summed E-state index contributed by atoms with van der Waals surface area (Å²) in [6.45, 7) is 2.14. The molecule has 8 heteroatoms. The fourth-order valence-corrected chi connectivity index (χ4v) is 3.35. The summed E-state index contributed by atoms with van der Waals surface area (Å²) in [5.74, 6) is -0.735. The molecule has 2 aromatic carbocycles. The van der Waals surface area contributed by atoms with Gasteiger partial charge in [0, 0.05) is 5.56 Å². The fourth-order valence-electron chi connectivity index (χ4n) is 2.31. The Labute approximate surface area is 164 Å². The Bertz CT molecular complexity index is 958. The van der Waals surface area contributed by atoms with E-state index in [9.17, 15) is 14.7 Å². The second-order valence-corrected chi connectivity index (χ2v) is 6.87. The van der Waals surface area contributed by atoms with Gasteiger partial charge in [-0.05, 0) is 54.6 Å². The summed E-state index contributed by atoms with van der Waals surface area (Å²) in [6, 6.07) is 11.7. The molecule has 6 nitrogen and oxygen atoms in total. The highest BCUT2D eigenvalue weighted by Gasteiger charge is 2.25. The number of amidine groups is 1. The minimum Gasteiger partial charge on any atom is -0.503 e. The molecule has 138 valence electrons. The number of nitrogens with one attached hydrogen (secondary N) is 1. The lowest BCUT2D eigenvalue weighted by molar-refractivity contribution is -0.115. The molecular weight excluding hydrogens is 388 g/mol. The predicted molar refractivity (Wildman–Crippen MR) is 106 cm³/mol. The highest BCUT2D eigenvalue weighted by Crippen LogP contribution is 2.37. The number of carbonyl (C=O) groups is 2. The monoisotopic (exact) mass is 402 g/mol. The van der Waals surface area contributed by atoms with Crippen LogP contribution in [0.1, 0.15) is 22.8 Å². The lowest BCUT2D eigenvalue weighted by Gasteiger charge is -2.08. The van der Waals surface area contributed by atoms with Gasteiger partial charge in [0.2, 0.25) is 0 Å². The SMILES string of the molecule is CCOc1cc(/C=C2\SC(=NC(=O)c3ccccc3)NC2=O)cc(Cl)c1O. The number of aromatic hydroxyl groups is 1. The third-order valence-electron chi connectivity index (χ3n) is 3.52. The van der Waals surface area contributed by atoms with E-state index in [4.69, 9.17) is 16.3 Å². The van der Waals surface area contributed by atoms with Gasteiger partial charge in [-0.15, -0.1) is 0 Å². The zero-order chi connectivity index (χ0) is 19.4. The minimum absolute atomic E-state index is 0.115. The first kappa shape index (κ1) is 19.0. The number of rotatable bonds is 4. The number of thioether (sulfide) groups is 1. The van der Waals surface area contributed by atoms with Gasteiger partial charge < -0.3 is 15.2 Å². The van der Waals surface area contributed by atoms with E-state index >= 15 is 0 Å². The molecule has 2 amide bonds. The Morgan fingerprint density at radius 2 is 2.07 bits per heavy atom. The van der Waals surface area contributed by atoms with E-state index in [0.29, 0.717) is 22.6 Å². The summed E-state index contributed by atoms with van der Waals surface area (Å²) in [5.41, 5.74) is 1.01. The summed E-state index contributed by atoms with van der Waals surface area (Å²) < 4.78 is 5.33. The van der Waals surface area contributed by atoms with Crippen molar-refractivity contribution in [2.24, 2.45) is 4.99 Å². The van der Waals surface area contributed by atoms with Crippen LogP contribution in [-0.2, 0) is 4.79 Å². The van der Waals surface area contributed by atoms with E-state index in [1.807, 2.05) is 0 Å². The average Bonchev–Trinajstić information content (AvgIpc) is 2.99. The van der Waals surface area contributed by atoms with Crippen molar-refractivity contribution in [3.8, 4) is 11.5 Å². The van der Waals surface area contributed by atoms with Crippen molar-refractivity contribution in [1.29, 1.82) is 0 Å². The molecule has 0 aromatic heterocycles. The van der Waals surface area contributed by atoms with E-state index in [-0.39, 0.29) is 27.6 Å². The Kier molecular flexibility index (Phi) is 5.83. The number of phenols is 1. The third-order valence-corrected chi connectivity index (χ3v) is 4.72. The molecule has 1 saturated heterocycles. The molecule has 1 aliphatic heterocycles. The number of aliphatic imine (C=N–C) groups is 1. The number of hydrogen-bond donors (Lipinski definition) is 2. The molecule has 0 spiro atoms. The average molecular weight is 403 g/mol. The van der Waals surface area contributed by atoms with Crippen LogP contribution in [0.15, 0.2) is 52.4 Å². The van der Waals surface area contributed by atoms with Gasteiger partial charge in [-0.3, -0.25) is 9.59 Å². The number of halogens is 1. The fraction of sp³-hybridized carbons (Fsp3) is 0.105. The molecule has 1 aliphatic rings. The summed E-state index contributed by atoms with van der Waals surface area (Å²) in [6.07, 6.45) is 1.59. The van der Waals surface area contributed by atoms with Crippen molar-refractivity contribution in [2.75, 3.05) is 6.61 Å². The van der Waals surface area contributed by atoms with E-state index in [1.54, 1.807) is 49.4 Å². The summed E-state index contributed by atoms with van der Waals surface area (Å²) >= 11 is 7.06. The molecule has 2 N–H and O–H groups in total. The van der Waals surface area contributed by atoms with Gasteiger partial charge >= 0.3 is 0 Å². The van der Waals surface area contributed by atoms with Crippen LogP contribution < -0.4 is 10.1 Å². The van der Waals surface area contributed by atoms with Crippen molar-refractivity contribution < 1.29 is 19.4 Å². The van der Waals surface area contributed by atoms with E-state index in [2.05, 4.69) is 10.3 Å². The number of phenolic OH excluding ortho intramolecular Hbond substituents is 1. The zero-order valence-electron chi connectivity index (χ0n) is 14.2. The number of amides is 2. The largest absolute Gasteiger partial charge is 0.503 e. The molecule has 0 atom stereocenters. The Balaban J connectivity index is 1.83. The molecule has 2 aromatic rings. The Hall–Kier alpha value is -2.77. The molecule has 1 fully saturated rings. The predicted octanol–water partition coefficient (Wildman–Crippen LogP) is 3.84. The maximum Gasteiger partial charge on any atom is 0.279 e. The molecule has 1 heterocycles. The summed E-state index contributed by atoms with van der Waals surface area (Å²) in [5, 5.41) is 12.8. The molecular formula is C19H15ClN2O4S. The van der Waals surface area contributed by atoms with Crippen LogP contribution in [0.4, 0.5) is 0 Å². The van der Waals surface area contributed by atoms with Crippen LogP contribution >= 0.6 is 23.4 Å². The van der Waals surface area contributed by atoms with Gasteiger partial charge in [0.15, 0.2) is 16.7 Å². The molecule has 3 rings (SSSR count). The summed E-state index contributed by atoms with van der Waals surface area (Å²) in [4.78, 5) is 28.6. The molecule has 0 unspecified atom stereocenters. The van der Waals surface area contributed by atoms with Crippen LogP contribution in [0.25, 0.3) is 6.08 Å². The van der Waals surface area contributed by atoms with Crippen molar-refractivity contribution in [3.63, 3.8) is 0 Å². The van der Waals surface area contributed by atoms with Crippen LogP contribution in [-0.4, -0.2) is 28.7 Å². The minimum atomic E-state index is -0.439. The second-order valence-electron chi connectivity index (χ2n) is 5.44. The van der Waals surface area contributed by atoms with Crippen LogP contribution in [0.2, 0.25) is 5.02 Å². The van der Waals surface area contributed by atoms with Crippen molar-refractivity contribution in [3.05, 3.63) is 63.5 Å². The standard InChI is InChI=1S/C19H15ClN2O4S/c1-2-26-14-9-11(8-13(20)16(14)23)10-15-18(25)22-19(27-15)21-17(24)12-6-4-3-5-7-12/h3-10,23H,2H2,1H3,(H,21,22,24,25)/b15-10-. The third kappa shape index (κ3) is 4.50. The Morgan fingerprint density at radius 1 is 1.33 bits per heavy atom. The van der Waals surface area contributed by atoms with Gasteiger partial charge in [-0.25, -0.2) is 0 Å². The van der Waals surface area contributed by atoms with Crippen LogP contribution in [0, 0.1) is 0 Å². The normalized spacial score (nSPS) is 16.6. The van der Waals surface area contributed by atoms with Gasteiger partial charge in [0.05, 0.1) is 16.5 Å². The highest BCUT2D eigenvalue weighted by molar-refractivity contribution is 8.18. The van der Waals surface area contributed by atoms with E-state index < -0.39 is 5.91 Å². The molecule has 0 bridgehead atoms. The van der Waals surface area contributed by atoms with Crippen molar-refractivity contribution in [2.45, 2.75) is 6.92 Å². The quantitative estimate of drug-likeness (QED) is 0.758. The number of ether oxygens (including phenoxy) is 1. The second kappa shape index (κ2) is 8.28. The molecule has 0 radical (unpaired) electrons. The van der Waals surface area contributed by atoms with Crippen LogP contribution in [0.3, 0.4) is 0 Å². The number of hydrogen-bond acceptors (Lipinski definition) is 5. The first-order valence-electron chi connectivity index (χ1n) is 8.02. The molecule has 0 aliphatic carbocycles. The lowest BCUT2D eigenvalue weighted by atomic mass is 10.2. The van der Waals surface area contributed by atoms with Gasteiger partial charge in [-0.1, -0.05) is 29.8 Å². The van der Waals surface area contributed by atoms with Gasteiger partial charge in [0.25, 0.3) is 11.8 Å². The van der Waals surface area contributed by atoms with Crippen LogP contribution in [0.5, 0.6) is 11.5 Å². The van der Waals surface area contributed by atoms with Gasteiger partial charge in [-0.2, -0.15) is 4.99 Å². The topological polar surface area (TPSA) is 88.0 Å². The number of carbonyl (C=O) groups excluding carboxylic acids is 2. The number of benzene rings is 2. The molecule has 0 saturated carbocycles. The summed E-state index contributed by atoms with van der Waals surface area (Å²) in [7, 11) is 0. The first-order chi connectivity index (χ1) is 13.0. The van der Waals surface area contributed by atoms with Crippen molar-refractivity contribution in [1.82, 2.24) is 5.32 Å². The highest BCUT2D eigenvalue weighted by atomic mass is 35.5. The lowest BCUT2D eigenvalue weighted by Crippen LogP contribution is -2.20.